The van der Waals surface area contributed by atoms with Crippen molar-refractivity contribution in [3.05, 3.63) is 52.3 Å². The number of nitrogens with zero attached hydrogens (tertiary/aromatic N) is 4. The summed E-state index contributed by atoms with van der Waals surface area (Å²) in [4.78, 5) is 29.2. The molecule has 0 bridgehead atoms. The molecule has 8 heteroatoms. The Kier molecular flexibility index (Phi) is 4.26. The van der Waals surface area contributed by atoms with Crippen LogP contribution in [-0.2, 0) is 7.05 Å². The van der Waals surface area contributed by atoms with Gasteiger partial charge >= 0.3 is 5.76 Å². The minimum atomic E-state index is -0.442. The van der Waals surface area contributed by atoms with Crippen molar-refractivity contribution in [2.24, 2.45) is 7.05 Å². The molecule has 4 rings (SSSR count). The summed E-state index contributed by atoms with van der Waals surface area (Å²) in [5.41, 5.74) is 3.58. The summed E-state index contributed by atoms with van der Waals surface area (Å²) >= 11 is 0. The molecular formula is C20H21N5O3. The highest BCUT2D eigenvalue weighted by Gasteiger charge is 2.18. The van der Waals surface area contributed by atoms with E-state index in [4.69, 9.17) is 4.42 Å². The van der Waals surface area contributed by atoms with Crippen LogP contribution >= 0.6 is 0 Å². The molecule has 1 unspecified atom stereocenters. The van der Waals surface area contributed by atoms with E-state index in [-0.39, 0.29) is 11.9 Å². The van der Waals surface area contributed by atoms with Gasteiger partial charge in [0.25, 0.3) is 5.91 Å². The monoisotopic (exact) mass is 379 g/mol. The predicted octanol–water partition coefficient (Wildman–Crippen LogP) is 3.41. The highest BCUT2D eigenvalue weighted by atomic mass is 16.4. The van der Waals surface area contributed by atoms with Crippen LogP contribution in [0.3, 0.4) is 0 Å². The largest absolute Gasteiger partial charge is 0.419 e. The van der Waals surface area contributed by atoms with Crippen molar-refractivity contribution in [1.82, 2.24) is 19.3 Å². The van der Waals surface area contributed by atoms with Crippen LogP contribution in [0, 0.1) is 6.92 Å². The highest BCUT2D eigenvalue weighted by molar-refractivity contribution is 6.12. The molecule has 0 fully saturated rings. The number of hydrogen-bond acceptors (Lipinski definition) is 5. The molecule has 0 saturated carbocycles. The minimum Gasteiger partial charge on any atom is -0.408 e. The molecule has 8 nitrogen and oxygen atoms in total. The normalized spacial score (nSPS) is 12.6. The Bertz CT molecular complexity index is 1260. The van der Waals surface area contributed by atoms with Gasteiger partial charge in [-0.05, 0) is 38.5 Å². The number of anilines is 1. The smallest absolute Gasteiger partial charge is 0.408 e. The van der Waals surface area contributed by atoms with Crippen LogP contribution in [-0.4, -0.2) is 25.2 Å². The van der Waals surface area contributed by atoms with Gasteiger partial charge in [0.1, 0.15) is 0 Å². The summed E-state index contributed by atoms with van der Waals surface area (Å²) in [6.45, 7) is 6.01. The van der Waals surface area contributed by atoms with E-state index in [0.717, 1.165) is 12.1 Å². The molecule has 4 aromatic rings. The second-order valence-electron chi connectivity index (χ2n) is 6.96. The van der Waals surface area contributed by atoms with E-state index in [1.807, 2.05) is 11.6 Å². The van der Waals surface area contributed by atoms with Crippen molar-refractivity contribution < 1.29 is 9.21 Å². The van der Waals surface area contributed by atoms with Crippen molar-refractivity contribution in [3.63, 3.8) is 0 Å². The van der Waals surface area contributed by atoms with Gasteiger partial charge in [-0.25, -0.2) is 14.5 Å². The predicted molar refractivity (Wildman–Crippen MR) is 107 cm³/mol. The summed E-state index contributed by atoms with van der Waals surface area (Å²) in [6, 6.07) is 7.06. The lowest BCUT2D eigenvalue weighted by Gasteiger charge is -2.11. The van der Waals surface area contributed by atoms with E-state index < -0.39 is 5.76 Å². The van der Waals surface area contributed by atoms with Gasteiger partial charge in [-0.1, -0.05) is 6.92 Å². The standard InChI is InChI=1S/C20H21N5O3/c1-5-12(3)25-18-15(10-21-25)14(8-11(2)22-18)19(26)23-13-6-7-16-17(9-13)28-20(27)24(16)4/h6-10,12H,5H2,1-4H3,(H,23,26). The second kappa shape index (κ2) is 6.63. The third-order valence-electron chi connectivity index (χ3n) is 5.00. The van der Waals surface area contributed by atoms with Gasteiger partial charge in [-0.2, -0.15) is 5.10 Å². The quantitative estimate of drug-likeness (QED) is 0.586. The van der Waals surface area contributed by atoms with E-state index >= 15 is 0 Å². The molecule has 0 spiro atoms. The number of carbonyl (C=O) groups excluding carboxylic acids is 1. The van der Waals surface area contributed by atoms with Crippen molar-refractivity contribution in [2.75, 3.05) is 5.32 Å². The SMILES string of the molecule is CCC(C)n1ncc2c(C(=O)Nc3ccc4c(c3)oc(=O)n4C)cc(C)nc21. The molecule has 1 aromatic carbocycles. The molecule has 0 aliphatic heterocycles. The highest BCUT2D eigenvalue weighted by Crippen LogP contribution is 2.24. The fourth-order valence-electron chi connectivity index (χ4n) is 3.24. The Morgan fingerprint density at radius 2 is 2.11 bits per heavy atom. The molecule has 0 radical (unpaired) electrons. The Balaban J connectivity index is 1.73. The lowest BCUT2D eigenvalue weighted by Crippen LogP contribution is -2.13. The maximum atomic E-state index is 13.0. The third kappa shape index (κ3) is 2.87. The van der Waals surface area contributed by atoms with Crippen molar-refractivity contribution in [1.29, 1.82) is 0 Å². The van der Waals surface area contributed by atoms with Crippen molar-refractivity contribution >= 4 is 33.7 Å². The molecule has 28 heavy (non-hydrogen) atoms. The number of nitrogens with one attached hydrogen (secondary N) is 1. The average molecular weight is 379 g/mol. The fourth-order valence-corrected chi connectivity index (χ4v) is 3.24. The number of rotatable bonds is 4. The van der Waals surface area contributed by atoms with Crippen LogP contribution in [0.25, 0.3) is 22.1 Å². The maximum absolute atomic E-state index is 13.0. The first-order valence-electron chi connectivity index (χ1n) is 9.14. The van der Waals surface area contributed by atoms with E-state index in [2.05, 4.69) is 29.2 Å². The number of aromatic nitrogens is 4. The van der Waals surface area contributed by atoms with Crippen LogP contribution in [0.15, 0.2) is 39.7 Å². The van der Waals surface area contributed by atoms with Crippen LogP contribution in [0.2, 0.25) is 0 Å². The molecule has 3 aromatic heterocycles. The minimum absolute atomic E-state index is 0.186. The van der Waals surface area contributed by atoms with Crippen molar-refractivity contribution in [3.8, 4) is 0 Å². The molecule has 0 aliphatic carbocycles. The van der Waals surface area contributed by atoms with E-state index in [0.29, 0.717) is 33.4 Å². The number of pyridine rings is 1. The first-order valence-corrected chi connectivity index (χ1v) is 9.14. The number of aryl methyl sites for hydroxylation is 2. The van der Waals surface area contributed by atoms with Gasteiger partial charge in [0.15, 0.2) is 11.2 Å². The molecule has 144 valence electrons. The zero-order valence-corrected chi connectivity index (χ0v) is 16.2. The number of fused-ring (bicyclic) bond motifs is 2. The Labute approximate surface area is 160 Å². The molecule has 1 atom stereocenters. The first kappa shape index (κ1) is 18.0. The van der Waals surface area contributed by atoms with Gasteiger partial charge in [0.05, 0.1) is 28.7 Å². The van der Waals surface area contributed by atoms with E-state index in [9.17, 15) is 9.59 Å². The van der Waals surface area contributed by atoms with Crippen LogP contribution < -0.4 is 11.1 Å². The van der Waals surface area contributed by atoms with Gasteiger partial charge in [-0.15, -0.1) is 0 Å². The van der Waals surface area contributed by atoms with Gasteiger partial charge in [-0.3, -0.25) is 9.36 Å². The van der Waals surface area contributed by atoms with Gasteiger partial charge in [0, 0.05) is 24.5 Å². The average Bonchev–Trinajstić information content (AvgIpc) is 3.21. The number of oxazole rings is 1. The topological polar surface area (TPSA) is 95.0 Å². The van der Waals surface area contributed by atoms with Gasteiger partial charge in [0.2, 0.25) is 0 Å². The fraction of sp³-hybridized carbons (Fsp3) is 0.300. The van der Waals surface area contributed by atoms with Crippen LogP contribution in [0.1, 0.15) is 42.4 Å². The lowest BCUT2D eigenvalue weighted by molar-refractivity contribution is 0.102. The third-order valence-corrected chi connectivity index (χ3v) is 5.00. The molecule has 1 N–H and O–H groups in total. The zero-order chi connectivity index (χ0) is 20.0. The van der Waals surface area contributed by atoms with Crippen LogP contribution in [0.5, 0.6) is 0 Å². The van der Waals surface area contributed by atoms with Crippen molar-refractivity contribution in [2.45, 2.75) is 33.2 Å². The Morgan fingerprint density at radius 3 is 2.86 bits per heavy atom. The number of carbonyl (C=O) groups is 1. The first-order chi connectivity index (χ1) is 13.4. The second-order valence-corrected chi connectivity index (χ2v) is 6.96. The number of amides is 1. The maximum Gasteiger partial charge on any atom is 0.419 e. The molecule has 0 aliphatic rings. The molecule has 0 saturated heterocycles. The lowest BCUT2D eigenvalue weighted by atomic mass is 10.1. The Hall–Kier alpha value is -3.42. The number of benzene rings is 1. The van der Waals surface area contributed by atoms with E-state index in [1.54, 1.807) is 37.5 Å². The molecule has 3 heterocycles. The summed E-state index contributed by atoms with van der Waals surface area (Å²) in [7, 11) is 1.64. The Morgan fingerprint density at radius 1 is 1.32 bits per heavy atom. The van der Waals surface area contributed by atoms with E-state index in [1.165, 1.54) is 4.57 Å². The number of hydrogen-bond donors (Lipinski definition) is 1. The van der Waals surface area contributed by atoms with Gasteiger partial charge < -0.3 is 9.73 Å². The summed E-state index contributed by atoms with van der Waals surface area (Å²) in [6.07, 6.45) is 2.60. The molecular weight excluding hydrogens is 358 g/mol. The molecule has 1 amide bonds. The summed E-state index contributed by atoms with van der Waals surface area (Å²) in [5.74, 6) is -0.709. The summed E-state index contributed by atoms with van der Waals surface area (Å²) < 4.78 is 8.46. The summed E-state index contributed by atoms with van der Waals surface area (Å²) in [5, 5.41) is 8.01. The zero-order valence-electron chi connectivity index (χ0n) is 16.2. The van der Waals surface area contributed by atoms with Crippen LogP contribution in [0.4, 0.5) is 5.69 Å².